The first kappa shape index (κ1) is 19.6. The minimum absolute atomic E-state index is 0.302. The fourth-order valence-corrected chi connectivity index (χ4v) is 3.03. The van der Waals surface area contributed by atoms with Gasteiger partial charge in [-0.15, -0.1) is 5.10 Å². The van der Waals surface area contributed by atoms with Crippen LogP contribution in [0.25, 0.3) is 11.1 Å². The molecule has 0 aliphatic heterocycles. The van der Waals surface area contributed by atoms with Gasteiger partial charge in [-0.25, -0.2) is 9.48 Å². The normalized spacial score (nSPS) is 10.8. The van der Waals surface area contributed by atoms with Crippen LogP contribution in [0, 0.1) is 0 Å². The standard InChI is InChI=1S/C22H25N3O3/c1-3-13-25-20(23-22(24-25)28-14-4-2)15-16-9-11-17(12-10-16)18-7-5-6-8-19(18)21(26)27/h5-12H,3-4,13-15H2,1-2H3,(H,26,27). The third-order valence-corrected chi connectivity index (χ3v) is 4.38. The molecule has 6 heteroatoms. The average Bonchev–Trinajstić information content (AvgIpc) is 3.08. The molecule has 1 N–H and O–H groups in total. The van der Waals surface area contributed by atoms with Crippen LogP contribution in [0.5, 0.6) is 6.01 Å². The first-order valence-corrected chi connectivity index (χ1v) is 9.60. The van der Waals surface area contributed by atoms with Crippen molar-refractivity contribution in [2.45, 2.75) is 39.7 Å². The van der Waals surface area contributed by atoms with Crippen molar-refractivity contribution in [3.8, 4) is 17.1 Å². The number of carbonyl (C=O) groups is 1. The van der Waals surface area contributed by atoms with E-state index >= 15 is 0 Å². The Morgan fingerprint density at radius 1 is 1.07 bits per heavy atom. The molecule has 1 heterocycles. The summed E-state index contributed by atoms with van der Waals surface area (Å²) in [5.74, 6) is -0.0569. The summed E-state index contributed by atoms with van der Waals surface area (Å²) in [7, 11) is 0. The second-order valence-corrected chi connectivity index (χ2v) is 6.61. The molecule has 0 atom stereocenters. The quantitative estimate of drug-likeness (QED) is 0.595. The largest absolute Gasteiger partial charge is 0.478 e. The van der Waals surface area contributed by atoms with Crippen LogP contribution in [-0.2, 0) is 13.0 Å². The molecular weight excluding hydrogens is 354 g/mol. The lowest BCUT2D eigenvalue weighted by Gasteiger charge is -2.08. The number of rotatable bonds is 9. The lowest BCUT2D eigenvalue weighted by atomic mass is 9.98. The number of nitrogens with zero attached hydrogens (tertiary/aromatic N) is 3. The molecular formula is C22H25N3O3. The Morgan fingerprint density at radius 2 is 1.82 bits per heavy atom. The fourth-order valence-electron chi connectivity index (χ4n) is 3.03. The molecule has 0 fully saturated rings. The zero-order valence-corrected chi connectivity index (χ0v) is 16.3. The second-order valence-electron chi connectivity index (χ2n) is 6.61. The van der Waals surface area contributed by atoms with Crippen molar-refractivity contribution in [3.05, 3.63) is 65.5 Å². The van der Waals surface area contributed by atoms with Gasteiger partial charge >= 0.3 is 12.0 Å². The highest BCUT2D eigenvalue weighted by molar-refractivity contribution is 5.95. The summed E-state index contributed by atoms with van der Waals surface area (Å²) >= 11 is 0. The van der Waals surface area contributed by atoms with Crippen LogP contribution in [0.4, 0.5) is 0 Å². The summed E-state index contributed by atoms with van der Waals surface area (Å²) in [4.78, 5) is 16.0. The van der Waals surface area contributed by atoms with Crippen molar-refractivity contribution in [1.82, 2.24) is 14.8 Å². The maximum atomic E-state index is 11.4. The Morgan fingerprint density at radius 3 is 2.50 bits per heavy atom. The topological polar surface area (TPSA) is 77.2 Å². The molecule has 0 unspecified atom stereocenters. The van der Waals surface area contributed by atoms with E-state index in [1.165, 1.54) is 0 Å². The molecule has 0 aliphatic carbocycles. The van der Waals surface area contributed by atoms with Gasteiger partial charge in [0.05, 0.1) is 12.2 Å². The van der Waals surface area contributed by atoms with Gasteiger partial charge in [0, 0.05) is 13.0 Å². The van der Waals surface area contributed by atoms with Crippen molar-refractivity contribution < 1.29 is 14.6 Å². The van der Waals surface area contributed by atoms with E-state index in [2.05, 4.69) is 17.0 Å². The number of aromatic nitrogens is 3. The Labute approximate surface area is 164 Å². The Bertz CT molecular complexity index is 932. The summed E-state index contributed by atoms with van der Waals surface area (Å²) in [5, 5.41) is 13.8. The van der Waals surface area contributed by atoms with Gasteiger partial charge in [0.1, 0.15) is 5.82 Å². The van der Waals surface area contributed by atoms with Gasteiger partial charge in [-0.3, -0.25) is 0 Å². The van der Waals surface area contributed by atoms with E-state index in [4.69, 9.17) is 4.74 Å². The average molecular weight is 379 g/mol. The summed E-state index contributed by atoms with van der Waals surface area (Å²) in [6, 6.07) is 15.4. The predicted octanol–water partition coefficient (Wildman–Crippen LogP) is 4.43. The number of aromatic carboxylic acids is 1. The van der Waals surface area contributed by atoms with E-state index in [-0.39, 0.29) is 0 Å². The van der Waals surface area contributed by atoms with Crippen molar-refractivity contribution in [2.24, 2.45) is 0 Å². The molecule has 146 valence electrons. The van der Waals surface area contributed by atoms with Crippen molar-refractivity contribution in [2.75, 3.05) is 6.61 Å². The van der Waals surface area contributed by atoms with Gasteiger partial charge in [0.15, 0.2) is 0 Å². The molecule has 28 heavy (non-hydrogen) atoms. The molecule has 1 aromatic heterocycles. The summed E-state index contributed by atoms with van der Waals surface area (Å²) in [6.45, 7) is 5.55. The van der Waals surface area contributed by atoms with Crippen LogP contribution in [0.1, 0.15) is 48.4 Å². The SMILES string of the molecule is CCCOc1nc(Cc2ccc(-c3ccccc3C(=O)O)cc2)n(CCC)n1. The minimum atomic E-state index is -0.924. The number of carboxylic acids is 1. The van der Waals surface area contributed by atoms with Crippen LogP contribution in [0.3, 0.4) is 0 Å². The number of aryl methyl sites for hydroxylation is 1. The van der Waals surface area contributed by atoms with Crippen LogP contribution in [0.15, 0.2) is 48.5 Å². The van der Waals surface area contributed by atoms with Gasteiger partial charge in [-0.1, -0.05) is 56.3 Å². The van der Waals surface area contributed by atoms with Gasteiger partial charge < -0.3 is 9.84 Å². The van der Waals surface area contributed by atoms with Crippen molar-refractivity contribution in [1.29, 1.82) is 0 Å². The van der Waals surface area contributed by atoms with E-state index < -0.39 is 5.97 Å². The monoisotopic (exact) mass is 379 g/mol. The van der Waals surface area contributed by atoms with Gasteiger partial charge in [-0.05, 0) is 35.6 Å². The number of carboxylic acid groups (broad SMARTS) is 1. The van der Waals surface area contributed by atoms with Crippen LogP contribution >= 0.6 is 0 Å². The van der Waals surface area contributed by atoms with Crippen LogP contribution in [-0.4, -0.2) is 32.4 Å². The summed E-state index contributed by atoms with van der Waals surface area (Å²) in [5.41, 5.74) is 2.98. The first-order valence-electron chi connectivity index (χ1n) is 9.60. The number of benzene rings is 2. The number of ether oxygens (including phenoxy) is 1. The van der Waals surface area contributed by atoms with Crippen LogP contribution in [0.2, 0.25) is 0 Å². The highest BCUT2D eigenvalue weighted by Crippen LogP contribution is 2.25. The zero-order chi connectivity index (χ0) is 19.9. The fraction of sp³-hybridized carbons (Fsp3) is 0.318. The first-order chi connectivity index (χ1) is 13.6. The van der Waals surface area contributed by atoms with E-state index in [0.29, 0.717) is 30.2 Å². The number of hydrogen-bond acceptors (Lipinski definition) is 4. The van der Waals surface area contributed by atoms with E-state index in [1.807, 2.05) is 48.0 Å². The highest BCUT2D eigenvalue weighted by atomic mass is 16.5. The maximum Gasteiger partial charge on any atom is 0.336 e. The Balaban J connectivity index is 1.81. The lowest BCUT2D eigenvalue weighted by molar-refractivity contribution is 0.0697. The van der Waals surface area contributed by atoms with Crippen LogP contribution < -0.4 is 4.74 Å². The zero-order valence-electron chi connectivity index (χ0n) is 16.3. The Kier molecular flexibility index (Phi) is 6.42. The maximum absolute atomic E-state index is 11.4. The smallest absolute Gasteiger partial charge is 0.336 e. The van der Waals surface area contributed by atoms with Crippen molar-refractivity contribution >= 4 is 5.97 Å². The van der Waals surface area contributed by atoms with Gasteiger partial charge in [0.25, 0.3) is 0 Å². The molecule has 0 amide bonds. The van der Waals surface area contributed by atoms with Gasteiger partial charge in [-0.2, -0.15) is 4.98 Å². The van der Waals surface area contributed by atoms with E-state index in [9.17, 15) is 9.90 Å². The number of hydrogen-bond donors (Lipinski definition) is 1. The third kappa shape index (κ3) is 4.57. The van der Waals surface area contributed by atoms with Gasteiger partial charge in [0.2, 0.25) is 0 Å². The summed E-state index contributed by atoms with van der Waals surface area (Å²) in [6.07, 6.45) is 2.52. The molecule has 0 aliphatic rings. The molecule has 0 spiro atoms. The highest BCUT2D eigenvalue weighted by Gasteiger charge is 2.13. The molecule has 3 rings (SSSR count). The molecule has 0 saturated heterocycles. The Hall–Kier alpha value is -3.15. The summed E-state index contributed by atoms with van der Waals surface area (Å²) < 4.78 is 7.48. The predicted molar refractivity (Wildman–Crippen MR) is 108 cm³/mol. The molecule has 0 radical (unpaired) electrons. The third-order valence-electron chi connectivity index (χ3n) is 4.38. The van der Waals surface area contributed by atoms with E-state index in [1.54, 1.807) is 12.1 Å². The molecule has 0 bridgehead atoms. The lowest BCUT2D eigenvalue weighted by Crippen LogP contribution is -2.06. The minimum Gasteiger partial charge on any atom is -0.478 e. The molecule has 3 aromatic rings. The molecule has 6 nitrogen and oxygen atoms in total. The molecule has 2 aromatic carbocycles. The molecule has 0 saturated carbocycles. The second kappa shape index (κ2) is 9.17. The van der Waals surface area contributed by atoms with E-state index in [0.717, 1.165) is 36.3 Å². The van der Waals surface area contributed by atoms with Crippen molar-refractivity contribution in [3.63, 3.8) is 0 Å².